The fourth-order valence-electron chi connectivity index (χ4n) is 1.60. The molecule has 1 aromatic carbocycles. The van der Waals surface area contributed by atoms with Gasteiger partial charge in [-0.05, 0) is 23.8 Å². The maximum Gasteiger partial charge on any atom is 0.337 e. The maximum absolute atomic E-state index is 11.7. The number of aromatic nitrogens is 1. The van der Waals surface area contributed by atoms with E-state index in [2.05, 4.69) is 4.98 Å². The van der Waals surface area contributed by atoms with Crippen LogP contribution < -0.4 is 5.56 Å². The molecule has 0 aliphatic carbocycles. The Balaban J connectivity index is 2.65. The standard InChI is InChI=1S/C13H7ClN2O3/c14-11-2-1-7(3-8(11)5-15)10-4-9(13(18)19)6-16-12(10)17/h1-4,6H,(H,16,17)(H,18,19). The molecule has 0 aliphatic heterocycles. The molecular weight excluding hydrogens is 268 g/mol. The van der Waals surface area contributed by atoms with Gasteiger partial charge in [-0.3, -0.25) is 4.79 Å². The summed E-state index contributed by atoms with van der Waals surface area (Å²) in [7, 11) is 0. The Morgan fingerprint density at radius 2 is 2.11 bits per heavy atom. The van der Waals surface area contributed by atoms with Crippen molar-refractivity contribution in [3.05, 3.63) is 57.0 Å². The van der Waals surface area contributed by atoms with Crippen LogP contribution >= 0.6 is 11.6 Å². The maximum atomic E-state index is 11.7. The number of nitrogens with zero attached hydrogens (tertiary/aromatic N) is 1. The summed E-state index contributed by atoms with van der Waals surface area (Å²) >= 11 is 5.80. The number of aromatic amines is 1. The zero-order valence-corrected chi connectivity index (χ0v) is 10.2. The quantitative estimate of drug-likeness (QED) is 0.878. The number of nitriles is 1. The number of aromatic carboxylic acids is 1. The second-order valence-electron chi connectivity index (χ2n) is 3.74. The number of carboxylic acid groups (broad SMARTS) is 1. The molecule has 0 unspecified atom stereocenters. The first kappa shape index (κ1) is 12.9. The third-order valence-electron chi connectivity index (χ3n) is 2.55. The van der Waals surface area contributed by atoms with Crippen LogP contribution in [0.25, 0.3) is 11.1 Å². The van der Waals surface area contributed by atoms with E-state index >= 15 is 0 Å². The summed E-state index contributed by atoms with van der Waals surface area (Å²) < 4.78 is 0. The average molecular weight is 275 g/mol. The van der Waals surface area contributed by atoms with Gasteiger partial charge < -0.3 is 10.1 Å². The predicted molar refractivity (Wildman–Crippen MR) is 69.2 cm³/mol. The van der Waals surface area contributed by atoms with E-state index in [1.807, 2.05) is 6.07 Å². The Kier molecular flexibility index (Phi) is 3.36. The number of hydrogen-bond acceptors (Lipinski definition) is 3. The Hall–Kier alpha value is -2.58. The molecule has 2 rings (SSSR count). The molecule has 0 fully saturated rings. The van der Waals surface area contributed by atoms with Crippen LogP contribution in [0.1, 0.15) is 15.9 Å². The van der Waals surface area contributed by atoms with Gasteiger partial charge in [-0.1, -0.05) is 17.7 Å². The minimum atomic E-state index is -1.15. The topological polar surface area (TPSA) is 93.9 Å². The van der Waals surface area contributed by atoms with E-state index in [1.165, 1.54) is 18.2 Å². The predicted octanol–water partition coefficient (Wildman–Crippen LogP) is 2.27. The Bertz CT molecular complexity index is 759. The van der Waals surface area contributed by atoms with Gasteiger partial charge in [0.15, 0.2) is 0 Å². The first-order valence-electron chi connectivity index (χ1n) is 5.19. The van der Waals surface area contributed by atoms with Gasteiger partial charge in [-0.25, -0.2) is 4.79 Å². The highest BCUT2D eigenvalue weighted by atomic mass is 35.5. The van der Waals surface area contributed by atoms with Crippen molar-refractivity contribution in [1.29, 1.82) is 5.26 Å². The molecule has 0 bridgehead atoms. The molecule has 19 heavy (non-hydrogen) atoms. The molecule has 1 heterocycles. The largest absolute Gasteiger partial charge is 0.478 e. The third kappa shape index (κ3) is 2.49. The van der Waals surface area contributed by atoms with E-state index in [0.29, 0.717) is 5.56 Å². The van der Waals surface area contributed by atoms with E-state index in [0.717, 1.165) is 6.20 Å². The molecule has 0 radical (unpaired) electrons. The number of benzene rings is 1. The van der Waals surface area contributed by atoms with E-state index in [-0.39, 0.29) is 21.7 Å². The van der Waals surface area contributed by atoms with Crippen LogP contribution in [0.2, 0.25) is 5.02 Å². The van der Waals surface area contributed by atoms with Gasteiger partial charge in [0.2, 0.25) is 0 Å². The second kappa shape index (κ2) is 4.96. The molecule has 0 spiro atoms. The van der Waals surface area contributed by atoms with Crippen LogP contribution in [0.4, 0.5) is 0 Å². The van der Waals surface area contributed by atoms with Gasteiger partial charge in [0.25, 0.3) is 5.56 Å². The summed E-state index contributed by atoms with van der Waals surface area (Å²) in [5.41, 5.74) is 0.358. The molecule has 2 N–H and O–H groups in total. The molecule has 6 heteroatoms. The molecule has 0 amide bonds. The lowest BCUT2D eigenvalue weighted by Gasteiger charge is -2.03. The van der Waals surface area contributed by atoms with Gasteiger partial charge in [0, 0.05) is 11.8 Å². The molecule has 0 aliphatic rings. The van der Waals surface area contributed by atoms with Gasteiger partial charge in [0.1, 0.15) is 6.07 Å². The minimum Gasteiger partial charge on any atom is -0.478 e. The van der Waals surface area contributed by atoms with Crippen molar-refractivity contribution < 1.29 is 9.90 Å². The molecule has 94 valence electrons. The number of rotatable bonds is 2. The molecule has 1 aromatic heterocycles. The smallest absolute Gasteiger partial charge is 0.337 e. The Morgan fingerprint density at radius 3 is 2.74 bits per heavy atom. The number of H-pyrrole nitrogens is 1. The first-order valence-corrected chi connectivity index (χ1v) is 5.57. The summed E-state index contributed by atoms with van der Waals surface area (Å²) in [4.78, 5) is 24.9. The molecule has 0 saturated carbocycles. The SMILES string of the molecule is N#Cc1cc(-c2cc(C(=O)O)c[nH]c2=O)ccc1Cl. The fourth-order valence-corrected chi connectivity index (χ4v) is 1.76. The van der Waals surface area contributed by atoms with Gasteiger partial charge in [-0.2, -0.15) is 5.26 Å². The fraction of sp³-hybridized carbons (Fsp3) is 0. The van der Waals surface area contributed by atoms with Crippen molar-refractivity contribution in [1.82, 2.24) is 4.98 Å². The van der Waals surface area contributed by atoms with Crippen molar-refractivity contribution >= 4 is 17.6 Å². The van der Waals surface area contributed by atoms with Crippen molar-refractivity contribution in [3.8, 4) is 17.2 Å². The van der Waals surface area contributed by atoms with Gasteiger partial charge in [-0.15, -0.1) is 0 Å². The molecule has 5 nitrogen and oxygen atoms in total. The normalized spacial score (nSPS) is 9.89. The van der Waals surface area contributed by atoms with Crippen LogP contribution in [0.3, 0.4) is 0 Å². The summed E-state index contributed by atoms with van der Waals surface area (Å²) in [6.45, 7) is 0. The van der Waals surface area contributed by atoms with Crippen LogP contribution in [0.15, 0.2) is 35.3 Å². The van der Waals surface area contributed by atoms with E-state index in [4.69, 9.17) is 22.0 Å². The summed E-state index contributed by atoms with van der Waals surface area (Å²) in [6, 6.07) is 7.64. The highest BCUT2D eigenvalue weighted by molar-refractivity contribution is 6.31. The highest BCUT2D eigenvalue weighted by Gasteiger charge is 2.10. The first-order chi connectivity index (χ1) is 9.02. The van der Waals surface area contributed by atoms with E-state index in [9.17, 15) is 9.59 Å². The molecule has 2 aromatic rings. The number of halogens is 1. The van der Waals surface area contributed by atoms with Crippen LogP contribution in [-0.2, 0) is 0 Å². The lowest BCUT2D eigenvalue weighted by Crippen LogP contribution is -2.11. The number of nitrogens with one attached hydrogen (secondary N) is 1. The number of pyridine rings is 1. The average Bonchev–Trinajstić information content (AvgIpc) is 2.40. The molecular formula is C13H7ClN2O3. The molecule has 0 atom stereocenters. The van der Waals surface area contributed by atoms with Crippen molar-refractivity contribution in [3.63, 3.8) is 0 Å². The monoisotopic (exact) mass is 274 g/mol. The number of carbonyl (C=O) groups is 1. The van der Waals surface area contributed by atoms with Crippen LogP contribution in [0.5, 0.6) is 0 Å². The minimum absolute atomic E-state index is 0.0388. The van der Waals surface area contributed by atoms with Crippen molar-refractivity contribution in [2.45, 2.75) is 0 Å². The summed E-state index contributed by atoms with van der Waals surface area (Å²) in [6.07, 6.45) is 1.12. The van der Waals surface area contributed by atoms with Crippen LogP contribution in [-0.4, -0.2) is 16.1 Å². The van der Waals surface area contributed by atoms with E-state index in [1.54, 1.807) is 6.07 Å². The van der Waals surface area contributed by atoms with Crippen molar-refractivity contribution in [2.24, 2.45) is 0 Å². The highest BCUT2D eigenvalue weighted by Crippen LogP contribution is 2.23. The van der Waals surface area contributed by atoms with E-state index < -0.39 is 11.5 Å². The Morgan fingerprint density at radius 1 is 1.37 bits per heavy atom. The Labute approximate surface area is 112 Å². The molecule has 0 saturated heterocycles. The lowest BCUT2D eigenvalue weighted by molar-refractivity contribution is 0.0696. The second-order valence-corrected chi connectivity index (χ2v) is 4.15. The van der Waals surface area contributed by atoms with Gasteiger partial charge in [0.05, 0.1) is 16.1 Å². The van der Waals surface area contributed by atoms with Crippen LogP contribution in [0, 0.1) is 11.3 Å². The third-order valence-corrected chi connectivity index (χ3v) is 2.88. The summed E-state index contributed by atoms with van der Waals surface area (Å²) in [5, 5.41) is 18.1. The zero-order chi connectivity index (χ0) is 14.0. The number of hydrogen-bond donors (Lipinski definition) is 2. The zero-order valence-electron chi connectivity index (χ0n) is 9.48. The number of carboxylic acids is 1. The summed E-state index contributed by atoms with van der Waals surface area (Å²) in [5.74, 6) is -1.15. The van der Waals surface area contributed by atoms with Gasteiger partial charge >= 0.3 is 5.97 Å². The van der Waals surface area contributed by atoms with Crippen molar-refractivity contribution in [2.75, 3.05) is 0 Å². The lowest BCUT2D eigenvalue weighted by atomic mass is 10.0.